The van der Waals surface area contributed by atoms with Crippen molar-refractivity contribution < 1.29 is 9.53 Å². The minimum Gasteiger partial charge on any atom is -0.483 e. The molecule has 0 saturated carbocycles. The maximum atomic E-state index is 11.4. The highest BCUT2D eigenvalue weighted by Gasteiger charge is 2.11. The lowest BCUT2D eigenvalue weighted by Crippen LogP contribution is -2.27. The highest BCUT2D eigenvalue weighted by Crippen LogP contribution is 2.27. The zero-order valence-corrected chi connectivity index (χ0v) is 11.8. The van der Waals surface area contributed by atoms with Gasteiger partial charge in [-0.05, 0) is 25.1 Å². The summed E-state index contributed by atoms with van der Waals surface area (Å²) >= 11 is 3.38. The van der Waals surface area contributed by atoms with E-state index in [9.17, 15) is 4.79 Å². The molecule has 2 N–H and O–H groups in total. The summed E-state index contributed by atoms with van der Waals surface area (Å²) in [6.45, 7) is 1.90. The van der Waals surface area contributed by atoms with E-state index in [1.54, 1.807) is 14.1 Å². The maximum Gasteiger partial charge on any atom is 0.259 e. The van der Waals surface area contributed by atoms with Crippen molar-refractivity contribution in [3.8, 4) is 5.75 Å². The largest absolute Gasteiger partial charge is 0.483 e. The highest BCUT2D eigenvalue weighted by atomic mass is 79.9. The topological polar surface area (TPSA) is 55.6 Å². The van der Waals surface area contributed by atoms with Crippen LogP contribution in [0.25, 0.3) is 0 Å². The number of carbonyl (C=O) groups is 1. The molecule has 1 unspecified atom stereocenters. The van der Waals surface area contributed by atoms with Gasteiger partial charge in [0.05, 0.1) is 0 Å². The van der Waals surface area contributed by atoms with E-state index in [4.69, 9.17) is 10.5 Å². The summed E-state index contributed by atoms with van der Waals surface area (Å²) in [4.78, 5) is 12.9. The number of benzene rings is 1. The van der Waals surface area contributed by atoms with Gasteiger partial charge in [-0.2, -0.15) is 0 Å². The van der Waals surface area contributed by atoms with Crippen LogP contribution in [0, 0.1) is 0 Å². The summed E-state index contributed by atoms with van der Waals surface area (Å²) in [5.41, 5.74) is 6.73. The van der Waals surface area contributed by atoms with Gasteiger partial charge in [-0.3, -0.25) is 4.79 Å². The van der Waals surface area contributed by atoms with Crippen LogP contribution in [0.2, 0.25) is 0 Å². The summed E-state index contributed by atoms with van der Waals surface area (Å²) in [5, 5.41) is 0. The third-order valence-electron chi connectivity index (χ3n) is 2.31. The Morgan fingerprint density at radius 3 is 2.71 bits per heavy atom. The molecule has 0 fully saturated rings. The monoisotopic (exact) mass is 300 g/mol. The Hall–Kier alpha value is -1.07. The molecule has 5 heteroatoms. The van der Waals surface area contributed by atoms with Gasteiger partial charge < -0.3 is 15.4 Å². The molecule has 94 valence electrons. The van der Waals surface area contributed by atoms with E-state index in [1.165, 1.54) is 4.90 Å². The standard InChI is InChI=1S/C12H17BrN2O2/c1-8(14)10-6-9(13)4-5-11(10)17-7-12(16)15(2)3/h4-6,8H,7,14H2,1-3H3. The molecule has 1 aromatic rings. The van der Waals surface area contributed by atoms with E-state index in [1.807, 2.05) is 25.1 Å². The number of ether oxygens (including phenoxy) is 1. The second kappa shape index (κ2) is 6.02. The van der Waals surface area contributed by atoms with Crippen molar-refractivity contribution >= 4 is 21.8 Å². The summed E-state index contributed by atoms with van der Waals surface area (Å²) in [6.07, 6.45) is 0. The molecule has 0 aliphatic carbocycles. The van der Waals surface area contributed by atoms with Crippen molar-refractivity contribution in [3.63, 3.8) is 0 Å². The van der Waals surface area contributed by atoms with Crippen LogP contribution in [0.1, 0.15) is 18.5 Å². The van der Waals surface area contributed by atoms with E-state index >= 15 is 0 Å². The van der Waals surface area contributed by atoms with Crippen LogP contribution in [-0.2, 0) is 4.79 Å². The van der Waals surface area contributed by atoms with Crippen LogP contribution >= 0.6 is 15.9 Å². The molecule has 0 spiro atoms. The number of halogens is 1. The first-order chi connectivity index (χ1) is 7.91. The number of hydrogen-bond acceptors (Lipinski definition) is 3. The maximum absolute atomic E-state index is 11.4. The zero-order valence-electron chi connectivity index (χ0n) is 10.2. The number of nitrogens with two attached hydrogens (primary N) is 1. The highest BCUT2D eigenvalue weighted by molar-refractivity contribution is 9.10. The molecule has 1 atom stereocenters. The van der Waals surface area contributed by atoms with Crippen LogP contribution in [0.15, 0.2) is 22.7 Å². The minimum absolute atomic E-state index is 0.0222. The third kappa shape index (κ3) is 4.02. The average molecular weight is 301 g/mol. The normalized spacial score (nSPS) is 12.1. The Bertz CT molecular complexity index is 405. The first-order valence-electron chi connectivity index (χ1n) is 5.29. The Morgan fingerprint density at radius 2 is 2.18 bits per heavy atom. The molecule has 0 bridgehead atoms. The number of hydrogen-bond donors (Lipinski definition) is 1. The fourth-order valence-corrected chi connectivity index (χ4v) is 1.65. The molecular formula is C12H17BrN2O2. The number of amides is 1. The Balaban J connectivity index is 2.80. The molecule has 17 heavy (non-hydrogen) atoms. The third-order valence-corrected chi connectivity index (χ3v) is 2.81. The van der Waals surface area contributed by atoms with Crippen molar-refractivity contribution in [3.05, 3.63) is 28.2 Å². The van der Waals surface area contributed by atoms with Crippen LogP contribution in [0.3, 0.4) is 0 Å². The summed E-state index contributed by atoms with van der Waals surface area (Å²) in [6, 6.07) is 5.43. The molecular weight excluding hydrogens is 284 g/mol. The molecule has 0 aliphatic heterocycles. The van der Waals surface area contributed by atoms with Crippen LogP contribution in [0.5, 0.6) is 5.75 Å². The van der Waals surface area contributed by atoms with Crippen molar-refractivity contribution in [2.24, 2.45) is 5.73 Å². The van der Waals surface area contributed by atoms with E-state index in [2.05, 4.69) is 15.9 Å². The molecule has 0 radical (unpaired) electrons. The number of carbonyl (C=O) groups excluding carboxylic acids is 1. The first-order valence-corrected chi connectivity index (χ1v) is 6.09. The van der Waals surface area contributed by atoms with Gasteiger partial charge >= 0.3 is 0 Å². The Labute approximate surface area is 110 Å². The molecule has 0 heterocycles. The zero-order chi connectivity index (χ0) is 13.0. The predicted molar refractivity (Wildman–Crippen MR) is 70.9 cm³/mol. The average Bonchev–Trinajstić information content (AvgIpc) is 2.26. The van der Waals surface area contributed by atoms with Gasteiger partial charge in [0.2, 0.25) is 0 Å². The Morgan fingerprint density at radius 1 is 1.53 bits per heavy atom. The van der Waals surface area contributed by atoms with Crippen LogP contribution in [-0.4, -0.2) is 31.5 Å². The van der Waals surface area contributed by atoms with Crippen molar-refractivity contribution in [1.29, 1.82) is 0 Å². The lowest BCUT2D eigenvalue weighted by atomic mass is 10.1. The minimum atomic E-state index is -0.142. The van der Waals surface area contributed by atoms with Crippen LogP contribution in [0.4, 0.5) is 0 Å². The van der Waals surface area contributed by atoms with Crippen molar-refractivity contribution in [2.75, 3.05) is 20.7 Å². The fourth-order valence-electron chi connectivity index (χ4n) is 1.28. The van der Waals surface area contributed by atoms with Crippen molar-refractivity contribution in [2.45, 2.75) is 13.0 Å². The van der Waals surface area contributed by atoms with Gasteiger partial charge in [-0.15, -0.1) is 0 Å². The molecule has 0 saturated heterocycles. The van der Waals surface area contributed by atoms with E-state index in [0.717, 1.165) is 10.0 Å². The summed E-state index contributed by atoms with van der Waals surface area (Å²) in [7, 11) is 3.39. The molecule has 4 nitrogen and oxygen atoms in total. The van der Waals surface area contributed by atoms with Gasteiger partial charge in [0.25, 0.3) is 5.91 Å². The van der Waals surface area contributed by atoms with E-state index in [-0.39, 0.29) is 18.6 Å². The van der Waals surface area contributed by atoms with Gasteiger partial charge in [-0.25, -0.2) is 0 Å². The number of rotatable bonds is 4. The fraction of sp³-hybridized carbons (Fsp3) is 0.417. The summed E-state index contributed by atoms with van der Waals surface area (Å²) in [5.74, 6) is 0.571. The molecule has 0 aromatic heterocycles. The number of likely N-dealkylation sites (N-methyl/N-ethyl adjacent to an activating group) is 1. The summed E-state index contributed by atoms with van der Waals surface area (Å²) < 4.78 is 6.43. The second-order valence-corrected chi connectivity index (χ2v) is 4.96. The van der Waals surface area contributed by atoms with Crippen molar-refractivity contribution in [1.82, 2.24) is 4.90 Å². The van der Waals surface area contributed by atoms with Gasteiger partial charge in [-0.1, -0.05) is 15.9 Å². The van der Waals surface area contributed by atoms with E-state index in [0.29, 0.717) is 5.75 Å². The lowest BCUT2D eigenvalue weighted by molar-refractivity contribution is -0.130. The predicted octanol–water partition coefficient (Wildman–Crippen LogP) is 1.94. The lowest BCUT2D eigenvalue weighted by Gasteiger charge is -2.16. The molecule has 1 amide bonds. The first kappa shape index (κ1) is 14.0. The van der Waals surface area contributed by atoms with E-state index < -0.39 is 0 Å². The van der Waals surface area contributed by atoms with Crippen LogP contribution < -0.4 is 10.5 Å². The smallest absolute Gasteiger partial charge is 0.259 e. The van der Waals surface area contributed by atoms with Gasteiger partial charge in [0, 0.05) is 30.2 Å². The van der Waals surface area contributed by atoms with Gasteiger partial charge in [0.15, 0.2) is 6.61 Å². The quantitative estimate of drug-likeness (QED) is 0.924. The molecule has 0 aliphatic rings. The van der Waals surface area contributed by atoms with Gasteiger partial charge in [0.1, 0.15) is 5.75 Å². The SMILES string of the molecule is CC(N)c1cc(Br)ccc1OCC(=O)N(C)C. The Kier molecular flexibility index (Phi) is 4.96. The second-order valence-electron chi connectivity index (χ2n) is 4.05. The molecule has 1 rings (SSSR count). The molecule has 1 aromatic carbocycles. The number of nitrogens with zero attached hydrogens (tertiary/aromatic N) is 1.